The predicted octanol–water partition coefficient (Wildman–Crippen LogP) is 2.54. The molecule has 2 fully saturated rings. The summed E-state index contributed by atoms with van der Waals surface area (Å²) in [4.78, 5) is 31.8. The number of carbonyl (C=O) groups excluding carboxylic acids is 2. The molecule has 1 aromatic rings. The van der Waals surface area contributed by atoms with Gasteiger partial charge in [-0.15, -0.1) is 0 Å². The first kappa shape index (κ1) is 24.7. The van der Waals surface area contributed by atoms with Gasteiger partial charge in [-0.1, -0.05) is 24.6 Å². The molecule has 32 heavy (non-hydrogen) atoms. The summed E-state index contributed by atoms with van der Waals surface area (Å²) >= 11 is 0. The number of rotatable bonds is 8. The minimum Gasteiger partial charge on any atom is -0.355 e. The molecule has 1 N–H and O–H groups in total. The zero-order chi connectivity index (χ0) is 23.1. The van der Waals surface area contributed by atoms with Gasteiger partial charge in [0.15, 0.2) is 0 Å². The van der Waals surface area contributed by atoms with Gasteiger partial charge in [-0.25, -0.2) is 0 Å². The number of piperidine rings is 1. The third-order valence-electron chi connectivity index (χ3n) is 7.25. The van der Waals surface area contributed by atoms with E-state index in [1.807, 2.05) is 4.90 Å². The predicted molar refractivity (Wildman–Crippen MR) is 130 cm³/mol. The summed E-state index contributed by atoms with van der Waals surface area (Å²) in [5.41, 5.74) is 5.25. The first-order valence-corrected chi connectivity index (χ1v) is 12.4. The summed E-state index contributed by atoms with van der Waals surface area (Å²) in [5, 5.41) is 3.10. The summed E-state index contributed by atoms with van der Waals surface area (Å²) in [6.45, 7) is 16.4. The zero-order valence-corrected chi connectivity index (χ0v) is 20.6. The second-order valence-corrected chi connectivity index (χ2v) is 9.72. The molecule has 0 radical (unpaired) electrons. The van der Waals surface area contributed by atoms with Crippen LogP contribution in [0.1, 0.15) is 48.4 Å². The van der Waals surface area contributed by atoms with E-state index in [9.17, 15) is 9.59 Å². The molecule has 0 aromatic heterocycles. The Hall–Kier alpha value is -1.92. The van der Waals surface area contributed by atoms with Crippen molar-refractivity contribution in [2.24, 2.45) is 5.92 Å². The lowest BCUT2D eigenvalue weighted by atomic mass is 9.93. The van der Waals surface area contributed by atoms with Crippen molar-refractivity contribution in [3.8, 4) is 0 Å². The summed E-state index contributed by atoms with van der Waals surface area (Å²) in [6.07, 6.45) is 3.56. The monoisotopic (exact) mass is 442 g/mol. The fraction of sp³-hybridized carbons (Fsp3) is 0.692. The molecule has 6 heteroatoms. The number of hydrogen-bond acceptors (Lipinski definition) is 4. The van der Waals surface area contributed by atoms with Gasteiger partial charge in [0.2, 0.25) is 11.8 Å². The molecule has 0 aliphatic carbocycles. The topological polar surface area (TPSA) is 55.9 Å². The van der Waals surface area contributed by atoms with Crippen molar-refractivity contribution in [1.82, 2.24) is 20.0 Å². The molecule has 2 aliphatic heterocycles. The molecule has 0 unspecified atom stereocenters. The van der Waals surface area contributed by atoms with E-state index in [0.717, 1.165) is 65.1 Å². The number of aryl methyl sites for hydroxylation is 3. The maximum absolute atomic E-state index is 12.7. The highest BCUT2D eigenvalue weighted by Crippen LogP contribution is 2.22. The van der Waals surface area contributed by atoms with E-state index >= 15 is 0 Å². The van der Waals surface area contributed by atoms with Crippen molar-refractivity contribution >= 4 is 11.8 Å². The van der Waals surface area contributed by atoms with Gasteiger partial charge in [-0.05, 0) is 82.3 Å². The number of likely N-dealkylation sites (tertiary alicyclic amines) is 1. The number of amides is 2. The number of nitrogens with zero attached hydrogens (tertiary/aromatic N) is 3. The molecular weight excluding hydrogens is 400 g/mol. The van der Waals surface area contributed by atoms with Crippen molar-refractivity contribution in [2.45, 2.75) is 53.4 Å². The van der Waals surface area contributed by atoms with Crippen molar-refractivity contribution in [2.75, 3.05) is 58.9 Å². The molecule has 2 aliphatic rings. The number of carbonyl (C=O) groups is 2. The van der Waals surface area contributed by atoms with Gasteiger partial charge >= 0.3 is 0 Å². The number of piperazine rings is 1. The lowest BCUT2D eigenvalue weighted by Gasteiger charge is -2.36. The normalized spacial score (nSPS) is 18.7. The van der Waals surface area contributed by atoms with Crippen LogP contribution in [0.15, 0.2) is 12.1 Å². The van der Waals surface area contributed by atoms with Gasteiger partial charge in [0, 0.05) is 39.1 Å². The molecule has 1 aromatic carbocycles. The molecule has 2 amide bonds. The Kier molecular flexibility index (Phi) is 9.11. The molecule has 2 saturated heterocycles. The van der Waals surface area contributed by atoms with E-state index in [-0.39, 0.29) is 5.91 Å². The van der Waals surface area contributed by atoms with Crippen LogP contribution in [-0.2, 0) is 16.0 Å². The van der Waals surface area contributed by atoms with Gasteiger partial charge < -0.3 is 15.1 Å². The van der Waals surface area contributed by atoms with E-state index in [4.69, 9.17) is 0 Å². The van der Waals surface area contributed by atoms with E-state index in [2.05, 4.69) is 54.9 Å². The molecule has 0 saturated carbocycles. The minimum absolute atomic E-state index is 0.107. The van der Waals surface area contributed by atoms with E-state index < -0.39 is 0 Å². The maximum atomic E-state index is 12.7. The van der Waals surface area contributed by atoms with Crippen LogP contribution in [0.2, 0.25) is 0 Å². The molecule has 0 atom stereocenters. The van der Waals surface area contributed by atoms with Crippen LogP contribution >= 0.6 is 0 Å². The van der Waals surface area contributed by atoms with Gasteiger partial charge in [0.05, 0.1) is 6.54 Å². The first-order valence-electron chi connectivity index (χ1n) is 12.4. The quantitative estimate of drug-likeness (QED) is 0.672. The second kappa shape index (κ2) is 11.8. The molecule has 2 heterocycles. The Bertz CT molecular complexity index is 755. The van der Waals surface area contributed by atoms with Crippen molar-refractivity contribution in [1.29, 1.82) is 0 Å². The smallest absolute Gasteiger partial charge is 0.234 e. The van der Waals surface area contributed by atoms with Crippen LogP contribution in [0.25, 0.3) is 0 Å². The SMILES string of the molecule is CCN1CCN(C(=O)CC2CCN(CC(=O)NCCc3c(C)cc(C)cc3C)CC2)CC1. The average molecular weight is 443 g/mol. The highest BCUT2D eigenvalue weighted by atomic mass is 16.2. The zero-order valence-electron chi connectivity index (χ0n) is 20.6. The molecule has 0 spiro atoms. The van der Waals surface area contributed by atoms with Crippen molar-refractivity contribution in [3.63, 3.8) is 0 Å². The van der Waals surface area contributed by atoms with E-state index in [0.29, 0.717) is 31.3 Å². The first-order chi connectivity index (χ1) is 15.4. The third kappa shape index (κ3) is 7.04. The molecule has 6 nitrogen and oxygen atoms in total. The Labute approximate surface area is 194 Å². The summed E-state index contributed by atoms with van der Waals surface area (Å²) in [7, 11) is 0. The van der Waals surface area contributed by atoms with E-state index in [1.54, 1.807) is 0 Å². The highest BCUT2D eigenvalue weighted by Gasteiger charge is 2.26. The molecule has 0 bridgehead atoms. The van der Waals surface area contributed by atoms with Gasteiger partial charge in [-0.3, -0.25) is 14.5 Å². The Morgan fingerprint density at radius 2 is 1.56 bits per heavy atom. The second-order valence-electron chi connectivity index (χ2n) is 9.72. The van der Waals surface area contributed by atoms with Crippen LogP contribution in [0.4, 0.5) is 0 Å². The molecule has 3 rings (SSSR count). The third-order valence-corrected chi connectivity index (χ3v) is 7.25. The Balaban J connectivity index is 1.32. The summed E-state index contributed by atoms with van der Waals surface area (Å²) in [6, 6.07) is 4.42. The maximum Gasteiger partial charge on any atom is 0.234 e. The van der Waals surface area contributed by atoms with Crippen LogP contribution < -0.4 is 5.32 Å². The Morgan fingerprint density at radius 3 is 2.16 bits per heavy atom. The van der Waals surface area contributed by atoms with Gasteiger partial charge in [-0.2, -0.15) is 0 Å². The largest absolute Gasteiger partial charge is 0.355 e. The molecular formula is C26H42N4O2. The number of benzene rings is 1. The number of hydrogen-bond donors (Lipinski definition) is 1. The standard InChI is InChI=1S/C26H42N4O2/c1-5-28-12-14-30(15-13-28)26(32)18-23-7-10-29(11-8-23)19-25(31)27-9-6-24-21(3)16-20(2)17-22(24)4/h16-17,23H,5-15,18-19H2,1-4H3,(H,27,31). The van der Waals surface area contributed by atoms with Crippen molar-refractivity contribution < 1.29 is 9.59 Å². The fourth-order valence-electron chi connectivity index (χ4n) is 5.23. The minimum atomic E-state index is 0.107. The van der Waals surface area contributed by atoms with Crippen molar-refractivity contribution in [3.05, 3.63) is 34.4 Å². The fourth-order valence-corrected chi connectivity index (χ4v) is 5.23. The Morgan fingerprint density at radius 1 is 0.938 bits per heavy atom. The lowest BCUT2D eigenvalue weighted by molar-refractivity contribution is -0.134. The van der Waals surface area contributed by atoms with E-state index in [1.165, 1.54) is 22.3 Å². The summed E-state index contributed by atoms with van der Waals surface area (Å²) < 4.78 is 0. The average Bonchev–Trinajstić information content (AvgIpc) is 2.77. The van der Waals surface area contributed by atoms with Crippen LogP contribution in [0, 0.1) is 26.7 Å². The number of nitrogens with one attached hydrogen (secondary N) is 1. The van der Waals surface area contributed by atoms with Crippen LogP contribution in [0.3, 0.4) is 0 Å². The molecule has 178 valence electrons. The highest BCUT2D eigenvalue weighted by molar-refractivity contribution is 5.78. The van der Waals surface area contributed by atoms with Gasteiger partial charge in [0.25, 0.3) is 0 Å². The van der Waals surface area contributed by atoms with Crippen LogP contribution in [-0.4, -0.2) is 85.4 Å². The lowest BCUT2D eigenvalue weighted by Crippen LogP contribution is -2.49. The van der Waals surface area contributed by atoms with Gasteiger partial charge in [0.1, 0.15) is 0 Å². The summed E-state index contributed by atoms with van der Waals surface area (Å²) in [5.74, 6) is 0.882. The van der Waals surface area contributed by atoms with Crippen LogP contribution in [0.5, 0.6) is 0 Å². The number of likely N-dealkylation sites (N-methyl/N-ethyl adjacent to an activating group) is 1.